The summed E-state index contributed by atoms with van der Waals surface area (Å²) in [7, 11) is 1.74. The van der Waals surface area contributed by atoms with Gasteiger partial charge in [0.15, 0.2) is 0 Å². The number of hydrogen-bond donors (Lipinski definition) is 1. The Morgan fingerprint density at radius 2 is 2.05 bits per heavy atom. The maximum Gasteiger partial charge on any atom is 0.234 e. The fourth-order valence-electron chi connectivity index (χ4n) is 3.15. The van der Waals surface area contributed by atoms with Crippen molar-refractivity contribution in [2.24, 2.45) is 17.1 Å². The molecule has 0 unspecified atom stereocenters. The Balaban J connectivity index is 2.28. The molecular formula is C17H23N3O. The van der Waals surface area contributed by atoms with E-state index in [0.717, 1.165) is 25.7 Å². The number of nitrogens with zero attached hydrogens (tertiary/aromatic N) is 2. The van der Waals surface area contributed by atoms with Crippen molar-refractivity contribution in [2.75, 3.05) is 18.5 Å². The fraction of sp³-hybridized carbons (Fsp3) is 0.529. The molecule has 0 aromatic heterocycles. The van der Waals surface area contributed by atoms with Crippen molar-refractivity contribution in [1.82, 2.24) is 0 Å². The number of anilines is 1. The van der Waals surface area contributed by atoms with Crippen LogP contribution in [0.2, 0.25) is 0 Å². The van der Waals surface area contributed by atoms with Crippen molar-refractivity contribution in [2.45, 2.75) is 32.6 Å². The Bertz CT molecular complexity index is 553. The molecule has 1 aromatic rings. The lowest BCUT2D eigenvalue weighted by Crippen LogP contribution is -2.48. The summed E-state index contributed by atoms with van der Waals surface area (Å²) in [5, 5.41) is 9.20. The third kappa shape index (κ3) is 2.93. The molecule has 21 heavy (non-hydrogen) atoms. The van der Waals surface area contributed by atoms with E-state index >= 15 is 0 Å². The van der Waals surface area contributed by atoms with E-state index in [4.69, 9.17) is 5.73 Å². The average Bonchev–Trinajstić information content (AvgIpc) is 2.54. The van der Waals surface area contributed by atoms with Crippen LogP contribution in [-0.4, -0.2) is 19.5 Å². The van der Waals surface area contributed by atoms with Crippen molar-refractivity contribution in [1.29, 1.82) is 5.26 Å². The first kappa shape index (κ1) is 15.5. The van der Waals surface area contributed by atoms with Gasteiger partial charge in [-0.3, -0.25) is 4.79 Å². The third-order valence-electron chi connectivity index (χ3n) is 4.77. The first-order chi connectivity index (χ1) is 10.0. The van der Waals surface area contributed by atoms with E-state index in [1.54, 1.807) is 24.1 Å². The average molecular weight is 285 g/mol. The van der Waals surface area contributed by atoms with Crippen molar-refractivity contribution < 1.29 is 4.79 Å². The minimum absolute atomic E-state index is 0.0413. The summed E-state index contributed by atoms with van der Waals surface area (Å²) in [4.78, 5) is 14.6. The minimum atomic E-state index is -0.468. The summed E-state index contributed by atoms with van der Waals surface area (Å²) >= 11 is 0. The van der Waals surface area contributed by atoms with Crippen LogP contribution in [0.4, 0.5) is 5.69 Å². The van der Waals surface area contributed by atoms with E-state index in [2.05, 4.69) is 13.0 Å². The summed E-state index contributed by atoms with van der Waals surface area (Å²) < 4.78 is 0. The predicted molar refractivity (Wildman–Crippen MR) is 83.7 cm³/mol. The van der Waals surface area contributed by atoms with Crippen LogP contribution in [0.15, 0.2) is 24.3 Å². The molecule has 4 nitrogen and oxygen atoms in total. The summed E-state index contributed by atoms with van der Waals surface area (Å²) in [6, 6.07) is 9.34. The molecule has 0 radical (unpaired) electrons. The highest BCUT2D eigenvalue weighted by atomic mass is 16.2. The molecule has 1 aromatic carbocycles. The van der Waals surface area contributed by atoms with Crippen molar-refractivity contribution >= 4 is 11.6 Å². The molecule has 4 heteroatoms. The van der Waals surface area contributed by atoms with Gasteiger partial charge in [-0.2, -0.15) is 5.26 Å². The van der Waals surface area contributed by atoms with Crippen LogP contribution in [-0.2, 0) is 4.79 Å². The van der Waals surface area contributed by atoms with Crippen molar-refractivity contribution in [3.8, 4) is 6.07 Å². The topological polar surface area (TPSA) is 70.1 Å². The quantitative estimate of drug-likeness (QED) is 0.928. The molecule has 2 rings (SSSR count). The molecule has 1 aliphatic rings. The van der Waals surface area contributed by atoms with Gasteiger partial charge in [-0.05, 0) is 43.7 Å². The highest BCUT2D eigenvalue weighted by Crippen LogP contribution is 2.40. The van der Waals surface area contributed by atoms with Gasteiger partial charge in [0.25, 0.3) is 0 Å². The summed E-state index contributed by atoms with van der Waals surface area (Å²) in [5.74, 6) is 0.703. The highest BCUT2D eigenvalue weighted by Gasteiger charge is 2.42. The van der Waals surface area contributed by atoms with Gasteiger partial charge in [0, 0.05) is 13.6 Å². The molecule has 0 heterocycles. The number of para-hydroxylation sites is 1. The standard InChI is InChI=1S/C17H23N3O/c1-13-7-9-17(12-19,10-8-13)16(21)20(2)15-6-4-3-5-14(15)11-18/h3-6,13H,7-10,12,19H2,1-2H3. The van der Waals surface area contributed by atoms with Crippen LogP contribution in [0, 0.1) is 22.7 Å². The number of nitriles is 1. The molecule has 2 N–H and O–H groups in total. The molecule has 1 amide bonds. The Labute approximate surface area is 126 Å². The molecule has 0 saturated heterocycles. The molecule has 1 aliphatic carbocycles. The zero-order chi connectivity index (χ0) is 15.5. The molecule has 0 atom stereocenters. The number of nitrogens with two attached hydrogens (primary N) is 1. The van der Waals surface area contributed by atoms with E-state index in [1.807, 2.05) is 12.1 Å². The maximum atomic E-state index is 13.0. The van der Waals surface area contributed by atoms with Gasteiger partial charge in [-0.25, -0.2) is 0 Å². The smallest absolute Gasteiger partial charge is 0.234 e. The van der Waals surface area contributed by atoms with Gasteiger partial charge >= 0.3 is 0 Å². The van der Waals surface area contributed by atoms with Crippen molar-refractivity contribution in [3.05, 3.63) is 29.8 Å². The van der Waals surface area contributed by atoms with Crippen LogP contribution in [0.3, 0.4) is 0 Å². The first-order valence-corrected chi connectivity index (χ1v) is 7.51. The fourth-order valence-corrected chi connectivity index (χ4v) is 3.15. The van der Waals surface area contributed by atoms with E-state index in [0.29, 0.717) is 23.7 Å². The Morgan fingerprint density at radius 1 is 1.43 bits per heavy atom. The van der Waals surface area contributed by atoms with E-state index in [-0.39, 0.29) is 5.91 Å². The lowest BCUT2D eigenvalue weighted by molar-refractivity contribution is -0.129. The highest BCUT2D eigenvalue weighted by molar-refractivity contribution is 5.98. The zero-order valence-electron chi connectivity index (χ0n) is 12.8. The largest absolute Gasteiger partial charge is 0.329 e. The van der Waals surface area contributed by atoms with Crippen LogP contribution >= 0.6 is 0 Å². The van der Waals surface area contributed by atoms with E-state index in [1.165, 1.54) is 0 Å². The Kier molecular flexibility index (Phi) is 4.64. The molecule has 1 fully saturated rings. The van der Waals surface area contributed by atoms with Gasteiger partial charge in [0.2, 0.25) is 5.91 Å². The van der Waals surface area contributed by atoms with Gasteiger partial charge in [-0.15, -0.1) is 0 Å². The van der Waals surface area contributed by atoms with Gasteiger partial charge in [0.1, 0.15) is 6.07 Å². The van der Waals surface area contributed by atoms with Gasteiger partial charge in [0.05, 0.1) is 16.7 Å². The number of carbonyl (C=O) groups excluding carboxylic acids is 1. The van der Waals surface area contributed by atoms with Crippen LogP contribution < -0.4 is 10.6 Å². The van der Waals surface area contributed by atoms with Gasteiger partial charge < -0.3 is 10.6 Å². The summed E-state index contributed by atoms with van der Waals surface area (Å²) in [6.45, 7) is 2.59. The number of carbonyl (C=O) groups is 1. The molecule has 1 saturated carbocycles. The lowest BCUT2D eigenvalue weighted by Gasteiger charge is -2.39. The van der Waals surface area contributed by atoms with Gasteiger partial charge in [-0.1, -0.05) is 19.1 Å². The van der Waals surface area contributed by atoms with Crippen molar-refractivity contribution in [3.63, 3.8) is 0 Å². The molecule has 0 spiro atoms. The number of benzene rings is 1. The second-order valence-electron chi connectivity index (χ2n) is 6.16. The summed E-state index contributed by atoms with van der Waals surface area (Å²) in [6.07, 6.45) is 3.75. The zero-order valence-corrected chi connectivity index (χ0v) is 12.8. The second-order valence-corrected chi connectivity index (χ2v) is 6.16. The molecule has 112 valence electrons. The van der Waals surface area contributed by atoms with Crippen LogP contribution in [0.1, 0.15) is 38.2 Å². The third-order valence-corrected chi connectivity index (χ3v) is 4.77. The van der Waals surface area contributed by atoms with Crippen LogP contribution in [0.25, 0.3) is 0 Å². The number of hydrogen-bond acceptors (Lipinski definition) is 3. The monoisotopic (exact) mass is 285 g/mol. The number of amides is 1. The molecule has 0 bridgehead atoms. The number of rotatable bonds is 3. The first-order valence-electron chi connectivity index (χ1n) is 7.51. The second kappa shape index (κ2) is 6.28. The SMILES string of the molecule is CC1CCC(CN)(C(=O)N(C)c2ccccc2C#N)CC1. The molecule has 0 aliphatic heterocycles. The van der Waals surface area contributed by atoms with Crippen LogP contribution in [0.5, 0.6) is 0 Å². The minimum Gasteiger partial charge on any atom is -0.329 e. The predicted octanol–water partition coefficient (Wildman–Crippen LogP) is 2.68. The summed E-state index contributed by atoms with van der Waals surface area (Å²) in [5.41, 5.74) is 6.67. The molecular weight excluding hydrogens is 262 g/mol. The lowest BCUT2D eigenvalue weighted by atomic mass is 9.70. The Hall–Kier alpha value is -1.86. The maximum absolute atomic E-state index is 13.0. The Morgan fingerprint density at radius 3 is 2.62 bits per heavy atom. The van der Waals surface area contributed by atoms with E-state index < -0.39 is 5.41 Å². The van der Waals surface area contributed by atoms with E-state index in [9.17, 15) is 10.1 Å². The normalized spacial score (nSPS) is 25.1.